The minimum Gasteiger partial charge on any atom is -0.361 e. The minimum absolute atomic E-state index is 0.0817. The Balaban J connectivity index is 1.77. The molecule has 1 aliphatic heterocycles. The zero-order chi connectivity index (χ0) is 18.3. The van der Waals surface area contributed by atoms with Crippen LogP contribution in [0.3, 0.4) is 0 Å². The van der Waals surface area contributed by atoms with E-state index in [4.69, 9.17) is 11.6 Å². The van der Waals surface area contributed by atoms with Gasteiger partial charge in [-0.25, -0.2) is 4.98 Å². The van der Waals surface area contributed by atoms with Crippen LogP contribution < -0.4 is 10.2 Å². The Bertz CT molecular complexity index is 991. The number of nitrogens with one attached hydrogen (secondary N) is 1. The summed E-state index contributed by atoms with van der Waals surface area (Å²) in [4.78, 5) is 19.0. The Morgan fingerprint density at radius 3 is 2.69 bits per heavy atom. The van der Waals surface area contributed by atoms with E-state index in [-0.39, 0.29) is 12.1 Å². The van der Waals surface area contributed by atoms with Gasteiger partial charge >= 0.3 is 0 Å². The van der Waals surface area contributed by atoms with Crippen LogP contribution in [-0.2, 0) is 0 Å². The molecule has 0 radical (unpaired) electrons. The predicted molar refractivity (Wildman–Crippen MR) is 108 cm³/mol. The molecule has 0 aliphatic carbocycles. The van der Waals surface area contributed by atoms with Gasteiger partial charge in [-0.3, -0.25) is 9.69 Å². The van der Waals surface area contributed by atoms with E-state index < -0.39 is 0 Å². The van der Waals surface area contributed by atoms with Crippen molar-refractivity contribution in [1.29, 1.82) is 0 Å². The summed E-state index contributed by atoms with van der Waals surface area (Å²) in [7, 11) is 0. The van der Waals surface area contributed by atoms with Gasteiger partial charge in [0.25, 0.3) is 5.91 Å². The van der Waals surface area contributed by atoms with Gasteiger partial charge in [-0.1, -0.05) is 45.7 Å². The van der Waals surface area contributed by atoms with Crippen molar-refractivity contribution in [2.75, 3.05) is 10.2 Å². The molecule has 4 rings (SSSR count). The highest BCUT2D eigenvalue weighted by atomic mass is 79.9. The van der Waals surface area contributed by atoms with E-state index in [1.165, 1.54) is 0 Å². The van der Waals surface area contributed by atoms with Gasteiger partial charge < -0.3 is 5.32 Å². The third-order valence-corrected chi connectivity index (χ3v) is 5.50. The summed E-state index contributed by atoms with van der Waals surface area (Å²) >= 11 is 9.47. The summed E-state index contributed by atoms with van der Waals surface area (Å²) in [6.45, 7) is 2.03. The summed E-state index contributed by atoms with van der Waals surface area (Å²) < 4.78 is 1.04. The molecule has 0 bridgehead atoms. The van der Waals surface area contributed by atoms with Gasteiger partial charge in [0.2, 0.25) is 0 Å². The van der Waals surface area contributed by atoms with E-state index >= 15 is 0 Å². The summed E-state index contributed by atoms with van der Waals surface area (Å²) in [5.74, 6) is 0.476. The second-order valence-corrected chi connectivity index (χ2v) is 7.40. The predicted octanol–water partition coefficient (Wildman–Crippen LogP) is 5.58. The van der Waals surface area contributed by atoms with Crippen LogP contribution in [0.15, 0.2) is 65.3 Å². The van der Waals surface area contributed by atoms with E-state index in [1.54, 1.807) is 23.2 Å². The summed E-state index contributed by atoms with van der Waals surface area (Å²) in [5.41, 5.74) is 3.65. The Kier molecular flexibility index (Phi) is 4.42. The highest BCUT2D eigenvalue weighted by Gasteiger charge is 2.38. The zero-order valence-corrected chi connectivity index (χ0v) is 16.3. The molecule has 1 N–H and O–H groups in total. The third kappa shape index (κ3) is 2.97. The van der Waals surface area contributed by atoms with Crippen molar-refractivity contribution >= 4 is 44.9 Å². The van der Waals surface area contributed by atoms with Crippen LogP contribution >= 0.6 is 27.5 Å². The molecule has 0 spiro atoms. The van der Waals surface area contributed by atoms with Crippen molar-refractivity contribution in [1.82, 2.24) is 4.98 Å². The number of amides is 1. The highest BCUT2D eigenvalue weighted by Crippen LogP contribution is 2.37. The quantitative estimate of drug-likeness (QED) is 0.592. The highest BCUT2D eigenvalue weighted by molar-refractivity contribution is 9.10. The number of anilines is 2. The first-order valence-electron chi connectivity index (χ1n) is 8.11. The molecule has 6 heteroatoms. The smallest absolute Gasteiger partial charge is 0.261 e. The lowest BCUT2D eigenvalue weighted by Crippen LogP contribution is -2.32. The lowest BCUT2D eigenvalue weighted by molar-refractivity contribution is 0.0992. The average molecular weight is 429 g/mol. The monoisotopic (exact) mass is 427 g/mol. The molecular weight excluding hydrogens is 414 g/mol. The second-order valence-electron chi connectivity index (χ2n) is 6.11. The summed E-state index contributed by atoms with van der Waals surface area (Å²) in [6, 6.07) is 17.1. The maximum Gasteiger partial charge on any atom is 0.261 e. The SMILES string of the molecule is Cc1cc(N[C@@H]2c3ccccc3C(=O)N2c2ccc(Cl)cn2)ccc1Br. The number of fused-ring (bicyclic) bond motifs is 1. The molecule has 130 valence electrons. The zero-order valence-electron chi connectivity index (χ0n) is 13.9. The van der Waals surface area contributed by atoms with Crippen molar-refractivity contribution in [3.8, 4) is 0 Å². The fraction of sp³-hybridized carbons (Fsp3) is 0.100. The largest absolute Gasteiger partial charge is 0.361 e. The van der Waals surface area contributed by atoms with Gasteiger partial charge in [0.15, 0.2) is 0 Å². The van der Waals surface area contributed by atoms with Crippen molar-refractivity contribution < 1.29 is 4.79 Å². The normalized spacial score (nSPS) is 15.9. The molecule has 2 aromatic carbocycles. The number of hydrogen-bond acceptors (Lipinski definition) is 3. The topological polar surface area (TPSA) is 45.2 Å². The minimum atomic E-state index is -0.340. The third-order valence-electron chi connectivity index (χ3n) is 4.38. The van der Waals surface area contributed by atoms with Gasteiger partial charge in [0.05, 0.1) is 5.02 Å². The Morgan fingerprint density at radius 1 is 1.15 bits per heavy atom. The van der Waals surface area contributed by atoms with E-state index in [0.29, 0.717) is 16.4 Å². The number of hydrogen-bond donors (Lipinski definition) is 1. The number of benzene rings is 2. The van der Waals surface area contributed by atoms with Crippen LogP contribution in [0.1, 0.15) is 27.7 Å². The van der Waals surface area contributed by atoms with Crippen molar-refractivity contribution in [2.24, 2.45) is 0 Å². The van der Waals surface area contributed by atoms with Crippen molar-refractivity contribution in [3.05, 3.63) is 87.0 Å². The lowest BCUT2D eigenvalue weighted by Gasteiger charge is -2.26. The Labute approximate surface area is 164 Å². The number of carbonyl (C=O) groups excluding carboxylic acids is 1. The van der Waals surface area contributed by atoms with Crippen LogP contribution in [-0.4, -0.2) is 10.9 Å². The molecule has 1 atom stereocenters. The number of rotatable bonds is 3. The molecule has 0 fully saturated rings. The van der Waals surface area contributed by atoms with E-state index in [0.717, 1.165) is 21.3 Å². The molecule has 1 amide bonds. The molecule has 1 aliphatic rings. The molecule has 0 saturated carbocycles. The molecule has 4 nitrogen and oxygen atoms in total. The number of halogens is 2. The van der Waals surface area contributed by atoms with E-state index in [2.05, 4.69) is 26.2 Å². The van der Waals surface area contributed by atoms with E-state index in [1.807, 2.05) is 49.4 Å². The standard InChI is InChI=1S/C20H15BrClN3O/c1-12-10-14(7-8-17(12)21)24-19-15-4-2-3-5-16(15)20(26)25(19)18-9-6-13(22)11-23-18/h2-11,19,24H,1H3/t19-/m0/s1. The molecule has 2 heterocycles. The molecule has 26 heavy (non-hydrogen) atoms. The Hall–Kier alpha value is -2.37. The first kappa shape index (κ1) is 17.1. The van der Waals surface area contributed by atoms with Crippen molar-refractivity contribution in [2.45, 2.75) is 13.1 Å². The molecule has 0 unspecified atom stereocenters. The maximum atomic E-state index is 13.0. The van der Waals surface area contributed by atoms with Gasteiger partial charge in [0, 0.05) is 27.5 Å². The molecule has 0 saturated heterocycles. The van der Waals surface area contributed by atoms with Gasteiger partial charge in [-0.15, -0.1) is 0 Å². The van der Waals surface area contributed by atoms with Crippen LogP contribution in [0.4, 0.5) is 11.5 Å². The maximum absolute atomic E-state index is 13.0. The van der Waals surface area contributed by atoms with Crippen LogP contribution in [0.2, 0.25) is 5.02 Å². The first-order valence-corrected chi connectivity index (χ1v) is 9.28. The first-order chi connectivity index (χ1) is 12.5. The number of nitrogens with zero attached hydrogens (tertiary/aromatic N) is 2. The summed E-state index contributed by atoms with van der Waals surface area (Å²) in [5, 5.41) is 4.00. The average Bonchev–Trinajstić information content (AvgIpc) is 2.92. The number of aryl methyl sites for hydroxylation is 1. The molecular formula is C20H15BrClN3O. The number of pyridine rings is 1. The number of aromatic nitrogens is 1. The van der Waals surface area contributed by atoms with Crippen LogP contribution in [0, 0.1) is 6.92 Å². The van der Waals surface area contributed by atoms with Crippen molar-refractivity contribution in [3.63, 3.8) is 0 Å². The van der Waals surface area contributed by atoms with Gasteiger partial charge in [-0.05, 0) is 48.9 Å². The van der Waals surface area contributed by atoms with E-state index in [9.17, 15) is 4.79 Å². The van der Waals surface area contributed by atoms with Gasteiger partial charge in [0.1, 0.15) is 12.0 Å². The number of carbonyl (C=O) groups is 1. The fourth-order valence-electron chi connectivity index (χ4n) is 3.10. The lowest BCUT2D eigenvalue weighted by atomic mass is 10.1. The molecule has 1 aromatic heterocycles. The van der Waals surface area contributed by atoms with Crippen LogP contribution in [0.5, 0.6) is 0 Å². The summed E-state index contributed by atoms with van der Waals surface area (Å²) in [6.07, 6.45) is 1.21. The molecule has 3 aromatic rings. The van der Waals surface area contributed by atoms with Gasteiger partial charge in [-0.2, -0.15) is 0 Å². The Morgan fingerprint density at radius 2 is 1.96 bits per heavy atom. The van der Waals surface area contributed by atoms with Crippen LogP contribution in [0.25, 0.3) is 0 Å². The fourth-order valence-corrected chi connectivity index (χ4v) is 3.46. The second kappa shape index (κ2) is 6.74.